The molecule has 0 saturated carbocycles. The molecule has 0 spiro atoms. The Morgan fingerprint density at radius 2 is 2.00 bits per heavy atom. The second kappa shape index (κ2) is 6.11. The summed E-state index contributed by atoms with van der Waals surface area (Å²) in [5.74, 6) is -0.0626. The highest BCUT2D eigenvalue weighted by atomic mass is 16.6. The van der Waals surface area contributed by atoms with Gasteiger partial charge in [0, 0.05) is 18.5 Å². The molecule has 0 atom stereocenters. The minimum atomic E-state index is -0.466. The summed E-state index contributed by atoms with van der Waals surface area (Å²) >= 11 is 0. The van der Waals surface area contributed by atoms with Gasteiger partial charge in [0.25, 0.3) is 0 Å². The molecule has 1 aromatic heterocycles. The molecule has 1 aromatic rings. The molecule has 0 saturated heterocycles. The Balaban J connectivity index is 2.94. The van der Waals surface area contributed by atoms with Gasteiger partial charge in [-0.3, -0.25) is 14.9 Å². The summed E-state index contributed by atoms with van der Waals surface area (Å²) in [6, 6.07) is 0. The Morgan fingerprint density at radius 1 is 1.43 bits per heavy atom. The first kappa shape index (κ1) is 16.9. The van der Waals surface area contributed by atoms with Gasteiger partial charge in [-0.25, -0.2) is 4.68 Å². The van der Waals surface area contributed by atoms with Gasteiger partial charge in [0.1, 0.15) is 5.69 Å². The maximum absolute atomic E-state index is 11.8. The normalized spacial score (nSPS) is 11.6. The predicted molar refractivity (Wildman–Crippen MR) is 80.3 cm³/mol. The number of nitro groups is 1. The number of anilines is 1. The summed E-state index contributed by atoms with van der Waals surface area (Å²) in [5, 5.41) is 21.0. The van der Waals surface area contributed by atoms with Crippen LogP contribution >= 0.6 is 0 Å². The van der Waals surface area contributed by atoms with Crippen LogP contribution in [-0.4, -0.2) is 32.7 Å². The Morgan fingerprint density at radius 3 is 2.43 bits per heavy atom. The molecular weight excluding hydrogens is 274 g/mol. The lowest BCUT2D eigenvalue weighted by atomic mass is 10.1. The highest BCUT2D eigenvalue weighted by Gasteiger charge is 2.28. The van der Waals surface area contributed by atoms with Crippen molar-refractivity contribution in [1.29, 1.82) is 0 Å². The fourth-order valence-electron chi connectivity index (χ4n) is 1.93. The van der Waals surface area contributed by atoms with Crippen molar-refractivity contribution in [3.8, 4) is 0 Å². The number of nitrogens with zero attached hydrogens (tertiary/aromatic N) is 3. The maximum atomic E-state index is 11.8. The average Bonchev–Trinajstić information content (AvgIpc) is 2.61. The third-order valence-corrected chi connectivity index (χ3v) is 2.71. The van der Waals surface area contributed by atoms with Crippen molar-refractivity contribution >= 4 is 17.4 Å². The Bertz CT molecular complexity index is 543. The molecule has 0 aliphatic rings. The Labute approximate surface area is 124 Å². The molecule has 0 fully saturated rings. The first-order chi connectivity index (χ1) is 9.53. The Hall–Kier alpha value is -2.12. The van der Waals surface area contributed by atoms with E-state index in [9.17, 15) is 14.9 Å². The SMILES string of the molecule is CC(C)c1nn(C)c(NCC(=O)NC(C)(C)C)c1[N+](=O)[O-]. The van der Waals surface area contributed by atoms with Crippen LogP contribution in [0.3, 0.4) is 0 Å². The molecule has 8 nitrogen and oxygen atoms in total. The first-order valence-corrected chi connectivity index (χ1v) is 6.79. The lowest BCUT2D eigenvalue weighted by Gasteiger charge is -2.20. The molecule has 1 rings (SSSR count). The van der Waals surface area contributed by atoms with E-state index in [1.165, 1.54) is 4.68 Å². The number of hydrogen-bond donors (Lipinski definition) is 2. The van der Waals surface area contributed by atoms with Gasteiger partial charge < -0.3 is 10.6 Å². The summed E-state index contributed by atoms with van der Waals surface area (Å²) in [5.41, 5.74) is -0.0162. The molecule has 1 heterocycles. The van der Waals surface area contributed by atoms with Crippen LogP contribution in [0.15, 0.2) is 0 Å². The highest BCUT2D eigenvalue weighted by Crippen LogP contribution is 2.32. The fraction of sp³-hybridized carbons (Fsp3) is 0.692. The number of hydrogen-bond acceptors (Lipinski definition) is 5. The maximum Gasteiger partial charge on any atom is 0.334 e. The second-order valence-corrected chi connectivity index (χ2v) is 6.27. The van der Waals surface area contributed by atoms with Crippen molar-refractivity contribution < 1.29 is 9.72 Å². The van der Waals surface area contributed by atoms with Crippen molar-refractivity contribution in [1.82, 2.24) is 15.1 Å². The van der Waals surface area contributed by atoms with Crippen LogP contribution in [0.4, 0.5) is 11.5 Å². The predicted octanol–water partition coefficient (Wildman–Crippen LogP) is 1.78. The van der Waals surface area contributed by atoms with Crippen LogP contribution in [0, 0.1) is 10.1 Å². The number of aryl methyl sites for hydroxylation is 1. The molecule has 0 aromatic carbocycles. The van der Waals surface area contributed by atoms with Crippen molar-refractivity contribution in [3.05, 3.63) is 15.8 Å². The van der Waals surface area contributed by atoms with Crippen molar-refractivity contribution in [3.63, 3.8) is 0 Å². The molecule has 21 heavy (non-hydrogen) atoms. The van der Waals surface area contributed by atoms with E-state index in [-0.39, 0.29) is 35.4 Å². The van der Waals surface area contributed by atoms with Gasteiger partial charge in [-0.1, -0.05) is 13.8 Å². The van der Waals surface area contributed by atoms with Crippen LogP contribution in [0.25, 0.3) is 0 Å². The molecular formula is C13H23N5O3. The molecule has 0 unspecified atom stereocenters. The van der Waals surface area contributed by atoms with Crippen LogP contribution in [0.2, 0.25) is 0 Å². The molecule has 8 heteroatoms. The van der Waals surface area contributed by atoms with E-state index in [1.54, 1.807) is 7.05 Å². The van der Waals surface area contributed by atoms with Crippen molar-refractivity contribution in [2.24, 2.45) is 7.05 Å². The summed E-state index contributed by atoms with van der Waals surface area (Å²) in [4.78, 5) is 22.6. The summed E-state index contributed by atoms with van der Waals surface area (Å²) in [6.45, 7) is 9.24. The van der Waals surface area contributed by atoms with Gasteiger partial charge in [-0.2, -0.15) is 5.10 Å². The third-order valence-electron chi connectivity index (χ3n) is 2.71. The zero-order chi connectivity index (χ0) is 16.4. The third kappa shape index (κ3) is 4.44. The van der Waals surface area contributed by atoms with Crippen molar-refractivity contribution in [2.75, 3.05) is 11.9 Å². The number of aromatic nitrogens is 2. The van der Waals surface area contributed by atoms with E-state index < -0.39 is 4.92 Å². The van der Waals surface area contributed by atoms with Crippen LogP contribution in [-0.2, 0) is 11.8 Å². The number of carbonyl (C=O) groups excluding carboxylic acids is 1. The molecule has 118 valence electrons. The van der Waals surface area contributed by atoms with Crippen LogP contribution in [0.1, 0.15) is 46.2 Å². The van der Waals surface area contributed by atoms with E-state index in [2.05, 4.69) is 15.7 Å². The number of rotatable bonds is 5. The van der Waals surface area contributed by atoms with E-state index in [1.807, 2.05) is 34.6 Å². The minimum absolute atomic E-state index is 0.0464. The zero-order valence-corrected chi connectivity index (χ0v) is 13.4. The topological polar surface area (TPSA) is 102 Å². The van der Waals surface area contributed by atoms with Crippen molar-refractivity contribution in [2.45, 2.75) is 46.1 Å². The zero-order valence-electron chi connectivity index (χ0n) is 13.4. The van der Waals surface area contributed by atoms with E-state index in [0.29, 0.717) is 5.69 Å². The molecule has 1 amide bonds. The lowest BCUT2D eigenvalue weighted by Crippen LogP contribution is -2.43. The highest BCUT2D eigenvalue weighted by molar-refractivity contribution is 5.82. The summed E-state index contributed by atoms with van der Waals surface area (Å²) in [6.07, 6.45) is 0. The van der Waals surface area contributed by atoms with Crippen LogP contribution in [0.5, 0.6) is 0 Å². The quantitative estimate of drug-likeness (QED) is 0.637. The largest absolute Gasteiger partial charge is 0.355 e. The van der Waals surface area contributed by atoms with Gasteiger partial charge in [-0.05, 0) is 20.8 Å². The van der Waals surface area contributed by atoms with Gasteiger partial charge in [-0.15, -0.1) is 0 Å². The molecule has 0 bridgehead atoms. The van der Waals surface area contributed by atoms with E-state index >= 15 is 0 Å². The monoisotopic (exact) mass is 297 g/mol. The number of amides is 1. The fourth-order valence-corrected chi connectivity index (χ4v) is 1.93. The number of carbonyl (C=O) groups is 1. The smallest absolute Gasteiger partial charge is 0.334 e. The average molecular weight is 297 g/mol. The van der Waals surface area contributed by atoms with Gasteiger partial charge in [0.2, 0.25) is 11.7 Å². The van der Waals surface area contributed by atoms with E-state index in [4.69, 9.17) is 0 Å². The number of nitrogens with one attached hydrogen (secondary N) is 2. The van der Waals surface area contributed by atoms with E-state index in [0.717, 1.165) is 0 Å². The molecule has 0 aliphatic heterocycles. The lowest BCUT2D eigenvalue weighted by molar-refractivity contribution is -0.384. The Kier molecular flexibility index (Phi) is 4.93. The first-order valence-electron chi connectivity index (χ1n) is 6.79. The summed E-state index contributed by atoms with van der Waals surface area (Å²) in [7, 11) is 1.61. The minimum Gasteiger partial charge on any atom is -0.355 e. The molecule has 0 aliphatic carbocycles. The second-order valence-electron chi connectivity index (χ2n) is 6.27. The molecule has 0 radical (unpaired) electrons. The summed E-state index contributed by atoms with van der Waals surface area (Å²) < 4.78 is 1.40. The van der Waals surface area contributed by atoms with Gasteiger partial charge >= 0.3 is 5.69 Å². The van der Waals surface area contributed by atoms with Gasteiger partial charge in [0.05, 0.1) is 11.5 Å². The molecule has 2 N–H and O–H groups in total. The van der Waals surface area contributed by atoms with Gasteiger partial charge in [0.15, 0.2) is 0 Å². The van der Waals surface area contributed by atoms with Crippen LogP contribution < -0.4 is 10.6 Å². The standard InChI is InChI=1S/C13H23N5O3/c1-8(2)10-11(18(20)21)12(17(6)16-10)14-7-9(19)15-13(3,4)5/h8,14H,7H2,1-6H3,(H,15,19).